The lowest BCUT2D eigenvalue weighted by Crippen LogP contribution is -2.31. The van der Waals surface area contributed by atoms with Gasteiger partial charge < -0.3 is 4.74 Å². The minimum atomic E-state index is -0.494. The summed E-state index contributed by atoms with van der Waals surface area (Å²) < 4.78 is 6.81. The number of fused-ring (bicyclic) bond motifs is 1. The quantitative estimate of drug-likeness (QED) is 0.638. The Bertz CT molecular complexity index is 1040. The Balaban J connectivity index is 1.71. The predicted octanol–water partition coefficient (Wildman–Crippen LogP) is 1.49. The zero-order valence-corrected chi connectivity index (χ0v) is 15.0. The molecule has 2 atom stereocenters. The molecule has 0 radical (unpaired) electrons. The van der Waals surface area contributed by atoms with Gasteiger partial charge in [0.25, 0.3) is 5.56 Å². The Morgan fingerprint density at radius 3 is 2.54 bits per heavy atom. The summed E-state index contributed by atoms with van der Waals surface area (Å²) in [6.07, 6.45) is 4.26. The number of carbonyl (C=O) groups excluding carboxylic acids is 1. The van der Waals surface area contributed by atoms with E-state index in [9.17, 15) is 14.4 Å². The topological polar surface area (TPSA) is 107 Å². The van der Waals surface area contributed by atoms with Gasteiger partial charge >= 0.3 is 11.7 Å². The highest BCUT2D eigenvalue weighted by molar-refractivity contribution is 8.00. The smallest absolute Gasteiger partial charge is 0.330 e. The summed E-state index contributed by atoms with van der Waals surface area (Å²) in [5.74, 6) is 0.656. The van der Waals surface area contributed by atoms with Crippen LogP contribution >= 0.6 is 11.8 Å². The molecule has 8 nitrogen and oxygen atoms in total. The third-order valence-corrected chi connectivity index (χ3v) is 6.19. The second-order valence-electron chi connectivity index (χ2n) is 7.31. The minimum Gasteiger partial charge on any atom is -0.462 e. The van der Waals surface area contributed by atoms with E-state index in [2.05, 4.69) is 15.0 Å². The molecule has 9 heteroatoms. The first-order valence-corrected chi connectivity index (χ1v) is 9.83. The monoisotopic (exact) mass is 374 g/mol. The van der Waals surface area contributed by atoms with Crippen LogP contribution in [0.2, 0.25) is 0 Å². The lowest BCUT2D eigenvalue weighted by molar-refractivity contribution is -0.140. The molecule has 2 aromatic rings. The normalized spacial score (nSPS) is 25.7. The van der Waals surface area contributed by atoms with Gasteiger partial charge in [-0.25, -0.2) is 14.8 Å². The molecule has 2 saturated carbocycles. The van der Waals surface area contributed by atoms with Crippen molar-refractivity contribution in [1.82, 2.24) is 19.5 Å². The Labute approximate surface area is 152 Å². The molecule has 26 heavy (non-hydrogen) atoms. The maximum Gasteiger partial charge on any atom is 0.330 e. The highest BCUT2D eigenvalue weighted by atomic mass is 32.2. The van der Waals surface area contributed by atoms with Crippen LogP contribution in [0.5, 0.6) is 0 Å². The molecule has 0 aromatic carbocycles. The van der Waals surface area contributed by atoms with E-state index in [0.717, 1.165) is 25.7 Å². The van der Waals surface area contributed by atoms with Gasteiger partial charge in [0.2, 0.25) is 0 Å². The minimum absolute atomic E-state index is 0.0816. The molecule has 1 saturated heterocycles. The molecular formula is C17H18N4O4S. The summed E-state index contributed by atoms with van der Waals surface area (Å²) >= 11 is 1.25. The molecule has 0 amide bonds. The van der Waals surface area contributed by atoms with Crippen LogP contribution in [0.1, 0.15) is 56.8 Å². The number of aromatic nitrogens is 4. The lowest BCUT2D eigenvalue weighted by Gasteiger charge is -2.13. The van der Waals surface area contributed by atoms with Gasteiger partial charge in [-0.15, -0.1) is 0 Å². The van der Waals surface area contributed by atoms with E-state index < -0.39 is 16.5 Å². The van der Waals surface area contributed by atoms with Crippen molar-refractivity contribution in [2.75, 3.05) is 0 Å². The van der Waals surface area contributed by atoms with Crippen LogP contribution in [0.4, 0.5) is 0 Å². The third-order valence-electron chi connectivity index (χ3n) is 5.00. The third kappa shape index (κ3) is 2.65. The van der Waals surface area contributed by atoms with Crippen molar-refractivity contribution in [3.63, 3.8) is 0 Å². The van der Waals surface area contributed by atoms with Crippen LogP contribution in [0.3, 0.4) is 0 Å². The van der Waals surface area contributed by atoms with Gasteiger partial charge in [0.1, 0.15) is 27.6 Å². The second-order valence-corrected chi connectivity index (χ2v) is 8.50. The fourth-order valence-electron chi connectivity index (χ4n) is 3.37. The average Bonchev–Trinajstić information content (AvgIpc) is 3.47. The first-order chi connectivity index (χ1) is 12.5. The number of rotatable bonds is 4. The molecule has 0 bridgehead atoms. The Hall–Kier alpha value is -2.16. The summed E-state index contributed by atoms with van der Waals surface area (Å²) in [4.78, 5) is 48.5. The van der Waals surface area contributed by atoms with Crippen molar-refractivity contribution in [1.29, 1.82) is 0 Å². The number of hydrogen-bond acceptors (Lipinski definition) is 7. The standard InChI is InChI=1S/C17H18N4O4S/c1-7-6-10(16(23)25-7)26-15-11-13(18-12(19-15)8-2-3-8)21(9-4-5-9)17(24)20-14(11)22/h7-10H,2-6H2,1H3,(H,20,22,24)/t7-,10+/m1/s1. The summed E-state index contributed by atoms with van der Waals surface area (Å²) in [5.41, 5.74) is -0.512. The molecule has 2 aliphatic carbocycles. The van der Waals surface area contributed by atoms with Gasteiger partial charge in [-0.3, -0.25) is 19.1 Å². The van der Waals surface area contributed by atoms with Crippen LogP contribution in [-0.2, 0) is 9.53 Å². The first kappa shape index (κ1) is 16.0. The van der Waals surface area contributed by atoms with Crippen molar-refractivity contribution in [2.45, 2.75) is 67.4 Å². The van der Waals surface area contributed by atoms with Crippen molar-refractivity contribution in [3.05, 3.63) is 26.7 Å². The van der Waals surface area contributed by atoms with E-state index in [1.807, 2.05) is 6.92 Å². The first-order valence-electron chi connectivity index (χ1n) is 8.95. The SMILES string of the molecule is C[C@@H]1C[C@H](Sc2nc(C3CC3)nc3c2c(=O)[nH]c(=O)n3C2CC2)C(=O)O1. The Kier molecular flexibility index (Phi) is 3.50. The van der Waals surface area contributed by atoms with Crippen LogP contribution in [-0.4, -0.2) is 36.8 Å². The second kappa shape index (κ2) is 5.67. The number of nitrogens with one attached hydrogen (secondary N) is 1. The van der Waals surface area contributed by atoms with Crippen molar-refractivity contribution in [3.8, 4) is 0 Å². The molecule has 3 heterocycles. The van der Waals surface area contributed by atoms with Gasteiger partial charge in [-0.1, -0.05) is 11.8 Å². The number of carbonyl (C=O) groups is 1. The number of hydrogen-bond donors (Lipinski definition) is 1. The largest absolute Gasteiger partial charge is 0.462 e. The molecule has 1 aliphatic heterocycles. The molecule has 3 aliphatic rings. The van der Waals surface area contributed by atoms with Crippen molar-refractivity contribution >= 4 is 28.8 Å². The molecule has 5 rings (SSSR count). The molecule has 0 unspecified atom stereocenters. The van der Waals surface area contributed by atoms with Gasteiger partial charge in [0.15, 0.2) is 5.65 Å². The zero-order chi connectivity index (χ0) is 18.0. The molecule has 1 N–H and O–H groups in total. The van der Waals surface area contributed by atoms with Gasteiger partial charge in [0.05, 0.1) is 0 Å². The summed E-state index contributed by atoms with van der Waals surface area (Å²) in [5, 5.41) is 0.387. The number of H-pyrrole nitrogens is 1. The van der Waals surface area contributed by atoms with E-state index in [0.29, 0.717) is 28.3 Å². The lowest BCUT2D eigenvalue weighted by atomic mass is 10.3. The fraction of sp³-hybridized carbons (Fsp3) is 0.588. The summed E-state index contributed by atoms with van der Waals surface area (Å²) in [7, 11) is 0. The van der Waals surface area contributed by atoms with E-state index in [4.69, 9.17) is 4.74 Å². The van der Waals surface area contributed by atoms with Crippen molar-refractivity contribution < 1.29 is 9.53 Å². The predicted molar refractivity (Wildman–Crippen MR) is 94.5 cm³/mol. The highest BCUT2D eigenvalue weighted by Gasteiger charge is 2.36. The Morgan fingerprint density at radius 1 is 1.15 bits per heavy atom. The van der Waals surface area contributed by atoms with Gasteiger partial charge in [-0.2, -0.15) is 0 Å². The zero-order valence-electron chi connectivity index (χ0n) is 14.2. The van der Waals surface area contributed by atoms with Gasteiger partial charge in [-0.05, 0) is 32.6 Å². The van der Waals surface area contributed by atoms with E-state index >= 15 is 0 Å². The van der Waals surface area contributed by atoms with E-state index in [1.54, 1.807) is 4.57 Å². The summed E-state index contributed by atoms with van der Waals surface area (Å²) in [6, 6.07) is 0.0816. The number of nitrogens with zero attached hydrogens (tertiary/aromatic N) is 3. The number of thioether (sulfide) groups is 1. The molecule has 136 valence electrons. The van der Waals surface area contributed by atoms with Crippen LogP contribution < -0.4 is 11.2 Å². The number of esters is 1. The molecule has 3 fully saturated rings. The molecule has 0 spiro atoms. The van der Waals surface area contributed by atoms with Crippen LogP contribution in [0, 0.1) is 0 Å². The number of ether oxygens (including phenoxy) is 1. The van der Waals surface area contributed by atoms with Gasteiger partial charge in [0, 0.05) is 18.4 Å². The molecular weight excluding hydrogens is 356 g/mol. The molecule has 2 aromatic heterocycles. The maximum absolute atomic E-state index is 12.6. The average molecular weight is 374 g/mol. The maximum atomic E-state index is 12.6. The Morgan fingerprint density at radius 2 is 1.92 bits per heavy atom. The number of aromatic amines is 1. The highest BCUT2D eigenvalue weighted by Crippen LogP contribution is 2.42. The fourth-order valence-corrected chi connectivity index (χ4v) is 4.60. The van der Waals surface area contributed by atoms with Crippen LogP contribution in [0.25, 0.3) is 11.0 Å². The van der Waals surface area contributed by atoms with E-state index in [1.165, 1.54) is 11.8 Å². The number of cyclic esters (lactones) is 1. The summed E-state index contributed by atoms with van der Waals surface area (Å²) in [6.45, 7) is 1.85. The van der Waals surface area contributed by atoms with E-state index in [-0.39, 0.29) is 24.0 Å². The van der Waals surface area contributed by atoms with Crippen LogP contribution in [0.15, 0.2) is 14.6 Å². The van der Waals surface area contributed by atoms with Crippen molar-refractivity contribution in [2.24, 2.45) is 0 Å².